The molecule has 0 N–H and O–H groups in total. The normalized spacial score (nSPS) is 11.3. The molecule has 0 spiro atoms. The number of rotatable bonds is 7. The first-order valence-electron chi connectivity index (χ1n) is 18.3. The average Bonchev–Trinajstić information content (AvgIpc) is 3.70. The number of oxazole rings is 1. The quantitative estimate of drug-likeness (QED) is 0.156. The third-order valence-corrected chi connectivity index (χ3v) is 10.3. The van der Waals surface area contributed by atoms with Crippen molar-refractivity contribution in [1.82, 2.24) is 4.98 Å². The van der Waals surface area contributed by atoms with E-state index in [9.17, 15) is 0 Å². The number of fused-ring (bicyclic) bond motifs is 5. The lowest BCUT2D eigenvalue weighted by Gasteiger charge is -2.29. The molecule has 54 heavy (non-hydrogen) atoms. The summed E-state index contributed by atoms with van der Waals surface area (Å²) >= 11 is 0. The van der Waals surface area contributed by atoms with Crippen molar-refractivity contribution in [3.05, 3.63) is 206 Å². The predicted molar refractivity (Wildman–Crippen MR) is 225 cm³/mol. The summed E-state index contributed by atoms with van der Waals surface area (Å²) in [5, 5.41) is 4.41. The summed E-state index contributed by atoms with van der Waals surface area (Å²) in [5.41, 5.74) is 12.8. The van der Waals surface area contributed by atoms with Gasteiger partial charge < -0.3 is 9.32 Å². The van der Waals surface area contributed by atoms with Gasteiger partial charge in [-0.1, -0.05) is 152 Å². The van der Waals surface area contributed by atoms with Crippen LogP contribution in [0.2, 0.25) is 0 Å². The number of nitrogens with zero attached hydrogens (tertiary/aromatic N) is 2. The lowest BCUT2D eigenvalue weighted by atomic mass is 9.91. The SMILES string of the molecule is c1ccc(-c2nc3ccc4c(-c5ccccc5)cc5ccc(N(c6ccccc6)c6ccccc6-c6ccccc6-c6ccccc6)cc5c4c3o2)cc1. The van der Waals surface area contributed by atoms with Crippen LogP contribution in [0.15, 0.2) is 211 Å². The van der Waals surface area contributed by atoms with Gasteiger partial charge in [0.1, 0.15) is 5.52 Å². The molecule has 0 amide bonds. The maximum absolute atomic E-state index is 6.74. The molecular weight excluding hydrogens is 657 g/mol. The summed E-state index contributed by atoms with van der Waals surface area (Å²) in [4.78, 5) is 7.37. The van der Waals surface area contributed by atoms with Crippen LogP contribution in [0.1, 0.15) is 0 Å². The number of benzene rings is 9. The van der Waals surface area contributed by atoms with Gasteiger partial charge in [-0.3, -0.25) is 0 Å². The maximum Gasteiger partial charge on any atom is 0.227 e. The lowest BCUT2D eigenvalue weighted by molar-refractivity contribution is 0.623. The number of hydrogen-bond donors (Lipinski definition) is 0. The molecule has 3 nitrogen and oxygen atoms in total. The molecule has 0 saturated heterocycles. The van der Waals surface area contributed by atoms with E-state index in [1.54, 1.807) is 0 Å². The van der Waals surface area contributed by atoms with Crippen LogP contribution in [0.4, 0.5) is 17.1 Å². The number of para-hydroxylation sites is 2. The van der Waals surface area contributed by atoms with Gasteiger partial charge >= 0.3 is 0 Å². The standard InChI is InChI=1S/C51H34N2O/c1-5-17-35(18-6-1)41-25-13-14-26-42(41)43-27-15-16-28-48(43)53(39-23-11-4-12-24-39)40-30-29-38-33-45(36-19-7-2-8-20-36)44-31-32-47-50(49(44)46(38)34-40)54-51(52-47)37-21-9-3-10-22-37/h1-34H. The fourth-order valence-electron chi connectivity index (χ4n) is 7.79. The molecule has 0 unspecified atom stereocenters. The molecule has 0 fully saturated rings. The fraction of sp³-hybridized carbons (Fsp3) is 0. The lowest BCUT2D eigenvalue weighted by Crippen LogP contribution is -2.11. The summed E-state index contributed by atoms with van der Waals surface area (Å²) in [5.74, 6) is 0.615. The summed E-state index contributed by atoms with van der Waals surface area (Å²) in [6.07, 6.45) is 0. The van der Waals surface area contributed by atoms with Crippen LogP contribution in [0.5, 0.6) is 0 Å². The molecule has 10 aromatic rings. The highest BCUT2D eigenvalue weighted by Gasteiger charge is 2.21. The van der Waals surface area contributed by atoms with Crippen molar-refractivity contribution >= 4 is 49.7 Å². The molecule has 0 aliphatic heterocycles. The Balaban J connectivity index is 1.24. The van der Waals surface area contributed by atoms with Gasteiger partial charge in [-0.25, -0.2) is 4.98 Å². The zero-order valence-electron chi connectivity index (χ0n) is 29.4. The van der Waals surface area contributed by atoms with E-state index in [4.69, 9.17) is 9.40 Å². The highest BCUT2D eigenvalue weighted by atomic mass is 16.3. The molecule has 254 valence electrons. The third-order valence-electron chi connectivity index (χ3n) is 10.3. The van der Waals surface area contributed by atoms with Crippen molar-refractivity contribution in [2.24, 2.45) is 0 Å². The summed E-state index contributed by atoms with van der Waals surface area (Å²) in [7, 11) is 0. The Labute approximate surface area is 314 Å². The molecule has 0 bridgehead atoms. The van der Waals surface area contributed by atoms with E-state index in [-0.39, 0.29) is 0 Å². The van der Waals surface area contributed by atoms with Crippen LogP contribution < -0.4 is 4.90 Å². The minimum atomic E-state index is 0.615. The summed E-state index contributed by atoms with van der Waals surface area (Å²) in [6, 6.07) is 72.9. The van der Waals surface area contributed by atoms with Gasteiger partial charge in [-0.15, -0.1) is 0 Å². The van der Waals surface area contributed by atoms with E-state index < -0.39 is 0 Å². The minimum absolute atomic E-state index is 0.615. The average molecular weight is 691 g/mol. The van der Waals surface area contributed by atoms with E-state index in [0.29, 0.717) is 5.89 Å². The Bertz CT molecular complexity index is 2920. The second-order valence-electron chi connectivity index (χ2n) is 13.5. The molecule has 1 aromatic heterocycles. The Morgan fingerprint density at radius 3 is 1.67 bits per heavy atom. The molecule has 0 radical (unpaired) electrons. The molecule has 10 rings (SSSR count). The first kappa shape index (κ1) is 31.5. The smallest absolute Gasteiger partial charge is 0.227 e. The maximum atomic E-state index is 6.74. The Morgan fingerprint density at radius 1 is 0.389 bits per heavy atom. The van der Waals surface area contributed by atoms with Gasteiger partial charge in [0.05, 0.1) is 5.69 Å². The van der Waals surface area contributed by atoms with Crippen molar-refractivity contribution < 1.29 is 4.42 Å². The Morgan fingerprint density at radius 2 is 0.963 bits per heavy atom. The van der Waals surface area contributed by atoms with E-state index >= 15 is 0 Å². The molecule has 0 saturated carbocycles. The van der Waals surface area contributed by atoms with Gasteiger partial charge in [0.25, 0.3) is 0 Å². The van der Waals surface area contributed by atoms with Gasteiger partial charge in [-0.2, -0.15) is 0 Å². The van der Waals surface area contributed by atoms with Crippen LogP contribution in [0, 0.1) is 0 Å². The van der Waals surface area contributed by atoms with Gasteiger partial charge in [0.2, 0.25) is 5.89 Å². The minimum Gasteiger partial charge on any atom is -0.435 e. The predicted octanol–water partition coefficient (Wildman–Crippen LogP) is 14.3. The van der Waals surface area contributed by atoms with Gasteiger partial charge in [0, 0.05) is 27.9 Å². The number of hydrogen-bond acceptors (Lipinski definition) is 3. The highest BCUT2D eigenvalue weighted by Crippen LogP contribution is 2.46. The number of anilines is 3. The van der Waals surface area contributed by atoms with E-state index in [1.165, 1.54) is 16.7 Å². The van der Waals surface area contributed by atoms with Crippen molar-refractivity contribution in [3.8, 4) is 44.8 Å². The monoisotopic (exact) mass is 690 g/mol. The van der Waals surface area contributed by atoms with Crippen LogP contribution in [-0.2, 0) is 0 Å². The van der Waals surface area contributed by atoms with Crippen LogP contribution >= 0.6 is 0 Å². The first-order valence-corrected chi connectivity index (χ1v) is 18.3. The molecule has 0 aliphatic carbocycles. The van der Waals surface area contributed by atoms with Crippen LogP contribution in [0.25, 0.3) is 77.5 Å². The molecule has 0 atom stereocenters. The topological polar surface area (TPSA) is 29.3 Å². The van der Waals surface area contributed by atoms with Crippen LogP contribution in [0.3, 0.4) is 0 Å². The van der Waals surface area contributed by atoms with E-state index in [2.05, 4.69) is 181 Å². The molecule has 0 aliphatic rings. The zero-order chi connectivity index (χ0) is 35.8. The third kappa shape index (κ3) is 5.51. The van der Waals surface area contributed by atoms with Crippen molar-refractivity contribution in [2.45, 2.75) is 0 Å². The molecule has 3 heteroatoms. The Kier molecular flexibility index (Phi) is 7.81. The van der Waals surface area contributed by atoms with Crippen molar-refractivity contribution in [2.75, 3.05) is 4.90 Å². The van der Waals surface area contributed by atoms with E-state index in [0.717, 1.165) is 72.0 Å². The molecule has 1 heterocycles. The molecular formula is C51H34N2O. The van der Waals surface area contributed by atoms with Crippen molar-refractivity contribution in [3.63, 3.8) is 0 Å². The Hall–Kier alpha value is -7.23. The summed E-state index contributed by atoms with van der Waals surface area (Å²) < 4.78 is 6.74. The first-order chi connectivity index (χ1) is 26.8. The fourth-order valence-corrected chi connectivity index (χ4v) is 7.79. The van der Waals surface area contributed by atoms with Crippen LogP contribution in [-0.4, -0.2) is 4.98 Å². The highest BCUT2D eigenvalue weighted by molar-refractivity contribution is 6.23. The largest absolute Gasteiger partial charge is 0.435 e. The summed E-state index contributed by atoms with van der Waals surface area (Å²) in [6.45, 7) is 0. The zero-order valence-corrected chi connectivity index (χ0v) is 29.4. The second-order valence-corrected chi connectivity index (χ2v) is 13.5. The molecule has 9 aromatic carbocycles. The second kappa shape index (κ2) is 13.4. The van der Waals surface area contributed by atoms with Crippen molar-refractivity contribution in [1.29, 1.82) is 0 Å². The van der Waals surface area contributed by atoms with Gasteiger partial charge in [0.15, 0.2) is 5.58 Å². The van der Waals surface area contributed by atoms with Gasteiger partial charge in [-0.05, 0) is 98.6 Å². The van der Waals surface area contributed by atoms with E-state index in [1.807, 2.05) is 30.3 Å². The number of aromatic nitrogens is 1.